The van der Waals surface area contributed by atoms with Gasteiger partial charge in [0.25, 0.3) is 0 Å². The summed E-state index contributed by atoms with van der Waals surface area (Å²) >= 11 is 0. The molecule has 0 saturated heterocycles. The molecule has 1 aliphatic rings. The third-order valence-electron chi connectivity index (χ3n) is 3.73. The van der Waals surface area contributed by atoms with E-state index in [4.69, 9.17) is 10.2 Å². The molecule has 3 N–H and O–H groups in total. The van der Waals surface area contributed by atoms with E-state index in [1.165, 1.54) is 6.07 Å². The van der Waals surface area contributed by atoms with Crippen molar-refractivity contribution in [3.63, 3.8) is 0 Å². The zero-order valence-electron chi connectivity index (χ0n) is 11.4. The van der Waals surface area contributed by atoms with Gasteiger partial charge in [-0.25, -0.2) is 4.79 Å². The molecule has 1 aliphatic carbocycles. The average molecular weight is 309 g/mol. The number of nitrogens with one attached hydrogen (secondary N) is 1. The second kappa shape index (κ2) is 6.28. The van der Waals surface area contributed by atoms with E-state index in [0.717, 1.165) is 24.6 Å². The van der Waals surface area contributed by atoms with Crippen LogP contribution >= 0.6 is 12.4 Å². The maximum atomic E-state index is 12.1. The maximum Gasteiger partial charge on any atom is 0.336 e. The summed E-state index contributed by atoms with van der Waals surface area (Å²) in [6, 6.07) is 8.40. The summed E-state index contributed by atoms with van der Waals surface area (Å²) in [6.07, 6.45) is 2.49. The Kier molecular flexibility index (Phi) is 4.65. The number of anilines is 1. The lowest BCUT2D eigenvalue weighted by molar-refractivity contribution is -0.119. The molecule has 6 heteroatoms. The van der Waals surface area contributed by atoms with Gasteiger partial charge in [-0.15, -0.1) is 12.4 Å². The molecular formula is C15H17ClN2O3. The fourth-order valence-corrected chi connectivity index (χ4v) is 2.65. The summed E-state index contributed by atoms with van der Waals surface area (Å²) in [6.45, 7) is 0. The van der Waals surface area contributed by atoms with Crippen LogP contribution in [0.3, 0.4) is 0 Å². The maximum absolute atomic E-state index is 12.1. The fourth-order valence-electron chi connectivity index (χ4n) is 2.65. The highest BCUT2D eigenvalue weighted by Gasteiger charge is 2.27. The molecule has 21 heavy (non-hydrogen) atoms. The summed E-state index contributed by atoms with van der Waals surface area (Å²) < 4.78 is 5.05. The van der Waals surface area contributed by atoms with E-state index in [2.05, 4.69) is 5.32 Å². The summed E-state index contributed by atoms with van der Waals surface area (Å²) in [5.41, 5.74) is 6.66. The molecule has 3 rings (SSSR count). The lowest BCUT2D eigenvalue weighted by atomic mass is 10.1. The van der Waals surface area contributed by atoms with Crippen molar-refractivity contribution in [2.75, 3.05) is 5.32 Å². The third-order valence-corrected chi connectivity index (χ3v) is 3.73. The lowest BCUT2D eigenvalue weighted by Gasteiger charge is -2.11. The number of fused-ring (bicyclic) bond motifs is 1. The first-order chi connectivity index (χ1) is 9.61. The van der Waals surface area contributed by atoms with E-state index >= 15 is 0 Å². The first-order valence-corrected chi connectivity index (χ1v) is 6.72. The van der Waals surface area contributed by atoms with E-state index in [1.807, 2.05) is 0 Å². The molecule has 2 atom stereocenters. The second-order valence-electron chi connectivity index (χ2n) is 5.27. The van der Waals surface area contributed by atoms with Gasteiger partial charge in [-0.1, -0.05) is 0 Å². The van der Waals surface area contributed by atoms with Crippen molar-refractivity contribution < 1.29 is 9.21 Å². The Bertz CT molecular complexity index is 713. The number of halogens is 1. The van der Waals surface area contributed by atoms with Crippen LogP contribution in [0, 0.1) is 5.92 Å². The van der Waals surface area contributed by atoms with E-state index in [9.17, 15) is 9.59 Å². The highest BCUT2D eigenvalue weighted by molar-refractivity contribution is 5.94. The van der Waals surface area contributed by atoms with Crippen molar-refractivity contribution in [2.45, 2.75) is 25.3 Å². The normalized spacial score (nSPS) is 21.0. The monoisotopic (exact) mass is 308 g/mol. The average Bonchev–Trinajstić information content (AvgIpc) is 2.86. The van der Waals surface area contributed by atoms with Gasteiger partial charge in [0.1, 0.15) is 5.58 Å². The predicted molar refractivity (Wildman–Crippen MR) is 83.7 cm³/mol. The molecule has 1 aromatic carbocycles. The summed E-state index contributed by atoms with van der Waals surface area (Å²) in [4.78, 5) is 23.2. The number of rotatable bonds is 2. The second-order valence-corrected chi connectivity index (χ2v) is 5.27. The van der Waals surface area contributed by atoms with Gasteiger partial charge in [0.05, 0.1) is 0 Å². The standard InChI is InChI=1S/C15H16N2O3.ClH/c16-11-3-1-10(7-11)15(19)17-12-4-5-13-9(8-12)2-6-14(18)20-13;/h2,4-6,8,10-11H,1,3,7,16H2,(H,17,19);1H. The van der Waals surface area contributed by atoms with E-state index < -0.39 is 0 Å². The van der Waals surface area contributed by atoms with Crippen LogP contribution in [0.4, 0.5) is 5.69 Å². The highest BCUT2D eigenvalue weighted by atomic mass is 35.5. The van der Waals surface area contributed by atoms with Crippen LogP contribution in [0.15, 0.2) is 39.5 Å². The van der Waals surface area contributed by atoms with Crippen LogP contribution in [-0.2, 0) is 4.79 Å². The van der Waals surface area contributed by atoms with Gasteiger partial charge in [-0.3, -0.25) is 4.79 Å². The van der Waals surface area contributed by atoms with Crippen LogP contribution in [0.25, 0.3) is 11.0 Å². The van der Waals surface area contributed by atoms with Gasteiger partial charge in [-0.05, 0) is 43.5 Å². The van der Waals surface area contributed by atoms with E-state index in [0.29, 0.717) is 11.3 Å². The van der Waals surface area contributed by atoms with Gasteiger partial charge in [0.2, 0.25) is 5.91 Å². The Hall–Kier alpha value is -1.85. The third kappa shape index (κ3) is 3.43. The number of amides is 1. The summed E-state index contributed by atoms with van der Waals surface area (Å²) in [5, 5.41) is 3.68. The molecule has 1 heterocycles. The van der Waals surface area contributed by atoms with Gasteiger partial charge in [0, 0.05) is 29.1 Å². The molecule has 1 fully saturated rings. The molecular weight excluding hydrogens is 292 g/mol. The van der Waals surface area contributed by atoms with Crippen molar-refractivity contribution in [2.24, 2.45) is 11.7 Å². The van der Waals surface area contributed by atoms with Gasteiger partial charge in [0.15, 0.2) is 0 Å². The number of hydrogen-bond acceptors (Lipinski definition) is 4. The first kappa shape index (κ1) is 15.5. The molecule has 112 valence electrons. The van der Waals surface area contributed by atoms with E-state index in [-0.39, 0.29) is 35.9 Å². The SMILES string of the molecule is Cl.NC1CCC(C(=O)Nc2ccc3oc(=O)ccc3c2)C1. The summed E-state index contributed by atoms with van der Waals surface area (Å²) in [7, 11) is 0. The van der Waals surface area contributed by atoms with E-state index in [1.54, 1.807) is 24.3 Å². The van der Waals surface area contributed by atoms with Crippen molar-refractivity contribution in [3.05, 3.63) is 40.8 Å². The molecule has 0 aliphatic heterocycles. The Balaban J connectivity index is 0.00000161. The number of carbonyl (C=O) groups excluding carboxylic acids is 1. The van der Waals surface area contributed by atoms with Gasteiger partial charge in [-0.2, -0.15) is 0 Å². The number of nitrogens with two attached hydrogens (primary N) is 1. The topological polar surface area (TPSA) is 85.3 Å². The van der Waals surface area contributed by atoms with Crippen molar-refractivity contribution in [3.8, 4) is 0 Å². The van der Waals surface area contributed by atoms with Gasteiger partial charge < -0.3 is 15.5 Å². The molecule has 1 saturated carbocycles. The zero-order valence-corrected chi connectivity index (χ0v) is 12.2. The Morgan fingerprint density at radius 1 is 1.24 bits per heavy atom. The van der Waals surface area contributed by atoms with Crippen LogP contribution in [0.5, 0.6) is 0 Å². The molecule has 2 unspecified atom stereocenters. The summed E-state index contributed by atoms with van der Waals surface area (Å²) in [5.74, 6) is 0.00378. The molecule has 1 amide bonds. The fraction of sp³-hybridized carbons (Fsp3) is 0.333. The Labute approximate surface area is 127 Å². The van der Waals surface area contributed by atoms with Crippen LogP contribution in [-0.4, -0.2) is 11.9 Å². The predicted octanol–water partition coefficient (Wildman–Crippen LogP) is 2.28. The minimum Gasteiger partial charge on any atom is -0.423 e. The Morgan fingerprint density at radius 2 is 2.05 bits per heavy atom. The highest BCUT2D eigenvalue weighted by Crippen LogP contribution is 2.26. The molecule has 0 spiro atoms. The quantitative estimate of drug-likeness (QED) is 0.833. The van der Waals surface area contributed by atoms with Crippen LogP contribution in [0.2, 0.25) is 0 Å². The molecule has 2 aromatic rings. The number of benzene rings is 1. The Morgan fingerprint density at radius 3 is 2.76 bits per heavy atom. The smallest absolute Gasteiger partial charge is 0.336 e. The van der Waals surface area contributed by atoms with Crippen LogP contribution in [0.1, 0.15) is 19.3 Å². The van der Waals surface area contributed by atoms with Crippen molar-refractivity contribution in [1.82, 2.24) is 0 Å². The largest absolute Gasteiger partial charge is 0.423 e. The molecule has 5 nitrogen and oxygen atoms in total. The van der Waals surface area contributed by atoms with Crippen LogP contribution < -0.4 is 16.7 Å². The first-order valence-electron chi connectivity index (χ1n) is 6.72. The molecule has 1 aromatic heterocycles. The minimum atomic E-state index is -0.380. The molecule has 0 bridgehead atoms. The number of hydrogen-bond donors (Lipinski definition) is 2. The number of carbonyl (C=O) groups is 1. The minimum absolute atomic E-state index is 0. The van der Waals surface area contributed by atoms with Crippen molar-refractivity contribution >= 4 is 35.0 Å². The van der Waals surface area contributed by atoms with Gasteiger partial charge >= 0.3 is 5.63 Å². The lowest BCUT2D eigenvalue weighted by Crippen LogP contribution is -2.23. The van der Waals surface area contributed by atoms with Crippen molar-refractivity contribution in [1.29, 1.82) is 0 Å². The zero-order chi connectivity index (χ0) is 14.1. The molecule has 0 radical (unpaired) electrons.